The van der Waals surface area contributed by atoms with E-state index < -0.39 is 0 Å². The van der Waals surface area contributed by atoms with E-state index in [4.69, 9.17) is 10.3 Å². The second-order valence-electron chi connectivity index (χ2n) is 4.66. The topological polar surface area (TPSA) is 64.9 Å². The lowest BCUT2D eigenvalue weighted by Gasteiger charge is -2.08. The maximum Gasteiger partial charge on any atom is 0.231 e. The van der Waals surface area contributed by atoms with E-state index in [2.05, 4.69) is 10.1 Å². The Morgan fingerprint density at radius 2 is 2.00 bits per heavy atom. The molecule has 1 fully saturated rings. The highest BCUT2D eigenvalue weighted by molar-refractivity contribution is 5.53. The van der Waals surface area contributed by atoms with Gasteiger partial charge in [0.05, 0.1) is 5.92 Å². The Morgan fingerprint density at radius 1 is 1.22 bits per heavy atom. The Labute approximate surface area is 104 Å². The fourth-order valence-electron chi connectivity index (χ4n) is 2.40. The molecule has 0 amide bonds. The lowest BCUT2D eigenvalue weighted by atomic mass is 10.1. The first-order valence-electron chi connectivity index (χ1n) is 6.09. The molecule has 2 aromatic rings. The van der Waals surface area contributed by atoms with Crippen LogP contribution in [0.1, 0.15) is 31.1 Å². The molecule has 18 heavy (non-hydrogen) atoms. The standard InChI is InChI=1S/C13H14FN3O/c14-9-6-4-8(5-7-9)12-16-13(18-17-12)10-2-1-3-11(10)15/h4-7,10-11H,1-3,15H2. The quantitative estimate of drug-likeness (QED) is 0.885. The van der Waals surface area contributed by atoms with Gasteiger partial charge in [0.25, 0.3) is 0 Å². The molecule has 1 aliphatic rings. The van der Waals surface area contributed by atoms with E-state index >= 15 is 0 Å². The highest BCUT2D eigenvalue weighted by Gasteiger charge is 2.30. The van der Waals surface area contributed by atoms with Crippen LogP contribution in [0.5, 0.6) is 0 Å². The van der Waals surface area contributed by atoms with Crippen LogP contribution in [0, 0.1) is 5.82 Å². The van der Waals surface area contributed by atoms with Gasteiger partial charge in [0.1, 0.15) is 5.82 Å². The Kier molecular flexibility index (Phi) is 2.83. The Hall–Kier alpha value is -1.75. The van der Waals surface area contributed by atoms with Gasteiger partial charge in [0.15, 0.2) is 0 Å². The van der Waals surface area contributed by atoms with Crippen molar-refractivity contribution in [1.82, 2.24) is 10.1 Å². The zero-order chi connectivity index (χ0) is 12.5. The second-order valence-corrected chi connectivity index (χ2v) is 4.66. The van der Waals surface area contributed by atoms with Crippen LogP contribution in [0.25, 0.3) is 11.4 Å². The molecule has 1 heterocycles. The Balaban J connectivity index is 1.87. The van der Waals surface area contributed by atoms with E-state index in [1.807, 2.05) is 0 Å². The minimum absolute atomic E-state index is 0.103. The highest BCUT2D eigenvalue weighted by Crippen LogP contribution is 2.33. The largest absolute Gasteiger partial charge is 0.339 e. The maximum absolute atomic E-state index is 12.8. The lowest BCUT2D eigenvalue weighted by Crippen LogP contribution is -2.22. The first-order valence-corrected chi connectivity index (χ1v) is 6.09. The van der Waals surface area contributed by atoms with Crippen LogP contribution in [0.2, 0.25) is 0 Å². The highest BCUT2D eigenvalue weighted by atomic mass is 19.1. The predicted octanol–water partition coefficient (Wildman–Crippen LogP) is 2.47. The van der Waals surface area contributed by atoms with Crippen molar-refractivity contribution in [3.63, 3.8) is 0 Å². The molecule has 2 N–H and O–H groups in total. The van der Waals surface area contributed by atoms with Gasteiger partial charge in [-0.05, 0) is 37.1 Å². The van der Waals surface area contributed by atoms with Crippen LogP contribution < -0.4 is 5.73 Å². The van der Waals surface area contributed by atoms with Crippen molar-refractivity contribution < 1.29 is 8.91 Å². The third-order valence-corrected chi connectivity index (χ3v) is 3.43. The van der Waals surface area contributed by atoms with Crippen molar-refractivity contribution >= 4 is 0 Å². The first-order chi connectivity index (χ1) is 8.74. The first kappa shape index (κ1) is 11.3. The van der Waals surface area contributed by atoms with Crippen molar-refractivity contribution in [3.05, 3.63) is 36.0 Å². The van der Waals surface area contributed by atoms with Gasteiger partial charge < -0.3 is 10.3 Å². The molecule has 4 nitrogen and oxygen atoms in total. The average molecular weight is 247 g/mol. The molecule has 2 unspecified atom stereocenters. The lowest BCUT2D eigenvalue weighted by molar-refractivity contribution is 0.345. The number of aromatic nitrogens is 2. The summed E-state index contributed by atoms with van der Waals surface area (Å²) in [5, 5.41) is 3.93. The van der Waals surface area contributed by atoms with Crippen molar-refractivity contribution in [2.75, 3.05) is 0 Å². The van der Waals surface area contributed by atoms with Crippen LogP contribution in [0.15, 0.2) is 28.8 Å². The second kappa shape index (κ2) is 4.49. The SMILES string of the molecule is NC1CCCC1c1nc(-c2ccc(F)cc2)no1. The summed E-state index contributed by atoms with van der Waals surface area (Å²) in [6, 6.07) is 6.14. The van der Waals surface area contributed by atoms with Crippen LogP contribution in [-0.2, 0) is 0 Å². The molecule has 0 bridgehead atoms. The molecule has 0 saturated heterocycles. The van der Waals surface area contributed by atoms with E-state index in [9.17, 15) is 4.39 Å². The molecule has 1 aromatic carbocycles. The number of rotatable bonds is 2. The van der Waals surface area contributed by atoms with Gasteiger partial charge in [-0.25, -0.2) is 4.39 Å². The smallest absolute Gasteiger partial charge is 0.231 e. The molecule has 2 atom stereocenters. The van der Waals surface area contributed by atoms with Gasteiger partial charge in [0.2, 0.25) is 11.7 Å². The van der Waals surface area contributed by atoms with E-state index in [0.29, 0.717) is 11.7 Å². The summed E-state index contributed by atoms with van der Waals surface area (Å²) < 4.78 is 18.1. The molecule has 1 aliphatic carbocycles. The van der Waals surface area contributed by atoms with Gasteiger partial charge >= 0.3 is 0 Å². The predicted molar refractivity (Wildman–Crippen MR) is 64.3 cm³/mol. The van der Waals surface area contributed by atoms with Crippen LogP contribution in [0.4, 0.5) is 4.39 Å². The van der Waals surface area contributed by atoms with Crippen LogP contribution in [0.3, 0.4) is 0 Å². The minimum atomic E-state index is -0.278. The number of nitrogens with two attached hydrogens (primary N) is 1. The summed E-state index contributed by atoms with van der Waals surface area (Å²) in [5.74, 6) is 0.968. The number of hydrogen-bond donors (Lipinski definition) is 1. The zero-order valence-corrected chi connectivity index (χ0v) is 9.84. The minimum Gasteiger partial charge on any atom is -0.339 e. The maximum atomic E-state index is 12.8. The van der Waals surface area contributed by atoms with E-state index in [0.717, 1.165) is 24.8 Å². The summed E-state index contributed by atoms with van der Waals surface area (Å²) in [6.07, 6.45) is 3.09. The summed E-state index contributed by atoms with van der Waals surface area (Å²) in [6.45, 7) is 0. The normalized spacial score (nSPS) is 23.4. The summed E-state index contributed by atoms with van der Waals surface area (Å²) >= 11 is 0. The fraction of sp³-hybridized carbons (Fsp3) is 0.385. The van der Waals surface area contributed by atoms with Crippen molar-refractivity contribution in [2.24, 2.45) is 5.73 Å². The summed E-state index contributed by atoms with van der Waals surface area (Å²) in [4.78, 5) is 4.36. The fourth-order valence-corrected chi connectivity index (χ4v) is 2.40. The molecule has 1 aromatic heterocycles. The molecule has 94 valence electrons. The number of nitrogens with zero attached hydrogens (tertiary/aromatic N) is 2. The monoisotopic (exact) mass is 247 g/mol. The molecule has 5 heteroatoms. The Morgan fingerprint density at radius 3 is 2.67 bits per heavy atom. The van der Waals surface area contributed by atoms with Gasteiger partial charge in [-0.15, -0.1) is 0 Å². The molecular formula is C13H14FN3O. The van der Waals surface area contributed by atoms with Gasteiger partial charge in [0, 0.05) is 11.6 Å². The molecule has 3 rings (SSSR count). The van der Waals surface area contributed by atoms with E-state index in [1.54, 1.807) is 12.1 Å². The number of hydrogen-bond acceptors (Lipinski definition) is 4. The average Bonchev–Trinajstić information content (AvgIpc) is 2.98. The molecular weight excluding hydrogens is 233 g/mol. The van der Waals surface area contributed by atoms with E-state index in [-0.39, 0.29) is 17.8 Å². The van der Waals surface area contributed by atoms with Crippen LogP contribution in [-0.4, -0.2) is 16.2 Å². The molecule has 0 aliphatic heterocycles. The van der Waals surface area contributed by atoms with Gasteiger partial charge in [-0.1, -0.05) is 11.6 Å². The van der Waals surface area contributed by atoms with Gasteiger partial charge in [-0.3, -0.25) is 0 Å². The van der Waals surface area contributed by atoms with Crippen molar-refractivity contribution in [1.29, 1.82) is 0 Å². The van der Waals surface area contributed by atoms with Crippen molar-refractivity contribution in [2.45, 2.75) is 31.2 Å². The third kappa shape index (κ3) is 2.01. The molecule has 0 spiro atoms. The van der Waals surface area contributed by atoms with E-state index in [1.165, 1.54) is 12.1 Å². The Bertz CT molecular complexity index is 537. The van der Waals surface area contributed by atoms with Crippen molar-refractivity contribution in [3.8, 4) is 11.4 Å². The molecule has 1 saturated carbocycles. The summed E-state index contributed by atoms with van der Waals surface area (Å²) in [7, 11) is 0. The van der Waals surface area contributed by atoms with Crippen LogP contribution >= 0.6 is 0 Å². The molecule has 0 radical (unpaired) electrons. The zero-order valence-electron chi connectivity index (χ0n) is 9.84. The number of benzene rings is 1. The van der Waals surface area contributed by atoms with Gasteiger partial charge in [-0.2, -0.15) is 4.98 Å². The summed E-state index contributed by atoms with van der Waals surface area (Å²) in [5.41, 5.74) is 6.75. The number of halogens is 1. The third-order valence-electron chi connectivity index (χ3n) is 3.43.